The fraction of sp³-hybridized carbons (Fsp3) is 0.190. The van der Waals surface area contributed by atoms with Crippen molar-refractivity contribution in [2.75, 3.05) is 11.3 Å². The Hall–Kier alpha value is -3.02. The number of anilines is 1. The number of alkyl halides is 3. The fourth-order valence-corrected chi connectivity index (χ4v) is 5.37. The van der Waals surface area contributed by atoms with E-state index in [0.717, 1.165) is 34.1 Å². The van der Waals surface area contributed by atoms with Crippen molar-refractivity contribution in [2.45, 2.75) is 19.3 Å². The predicted molar refractivity (Wildman–Crippen MR) is 118 cm³/mol. The topological polar surface area (TPSA) is 97.4 Å². The number of benzene rings is 2. The minimum Gasteiger partial charge on any atom is -0.365 e. The lowest BCUT2D eigenvalue weighted by Crippen LogP contribution is -2.42. The number of nitrogens with zero attached hydrogens (tertiary/aromatic N) is 2. The molecule has 7 nitrogen and oxygen atoms in total. The van der Waals surface area contributed by atoms with E-state index < -0.39 is 27.9 Å². The maximum atomic E-state index is 12.9. The summed E-state index contributed by atoms with van der Waals surface area (Å²) in [4.78, 5) is 12.1. The SMILES string of the molecule is NC(=O)c1c(Cl)c(-c2ccccc2)n2c1CN(S(=O)(=O)Nc1ccc(C(F)(F)F)cc1)CC2. The summed E-state index contributed by atoms with van der Waals surface area (Å²) >= 11 is 6.50. The maximum Gasteiger partial charge on any atom is 0.416 e. The molecule has 0 spiro atoms. The molecule has 0 saturated heterocycles. The molecule has 0 aliphatic carbocycles. The molecule has 174 valence electrons. The van der Waals surface area contributed by atoms with Gasteiger partial charge in [0.05, 0.1) is 28.4 Å². The highest BCUT2D eigenvalue weighted by Crippen LogP contribution is 2.38. The summed E-state index contributed by atoms with van der Waals surface area (Å²) < 4.78 is 69.2. The first-order valence-corrected chi connectivity index (χ1v) is 11.5. The minimum absolute atomic E-state index is 0.0258. The highest BCUT2D eigenvalue weighted by molar-refractivity contribution is 7.90. The number of nitrogens with one attached hydrogen (secondary N) is 1. The molecule has 4 rings (SSSR count). The molecule has 1 aliphatic rings. The largest absolute Gasteiger partial charge is 0.416 e. The number of aromatic nitrogens is 1. The molecule has 1 amide bonds. The molecule has 12 heteroatoms. The first-order chi connectivity index (χ1) is 15.5. The van der Waals surface area contributed by atoms with E-state index in [1.54, 1.807) is 4.57 Å². The number of hydrogen-bond acceptors (Lipinski definition) is 3. The van der Waals surface area contributed by atoms with Crippen molar-refractivity contribution in [3.05, 3.63) is 76.4 Å². The number of nitrogens with two attached hydrogens (primary N) is 1. The average Bonchev–Trinajstić information content (AvgIpc) is 3.05. The van der Waals surface area contributed by atoms with Crippen molar-refractivity contribution >= 4 is 33.4 Å². The molecule has 0 saturated carbocycles. The van der Waals surface area contributed by atoms with Crippen LogP contribution in [0.1, 0.15) is 21.6 Å². The van der Waals surface area contributed by atoms with Gasteiger partial charge in [-0.25, -0.2) is 0 Å². The maximum absolute atomic E-state index is 12.9. The van der Waals surface area contributed by atoms with Gasteiger partial charge in [0.2, 0.25) is 0 Å². The summed E-state index contributed by atoms with van der Waals surface area (Å²) in [5, 5.41) is 0.138. The molecule has 3 aromatic rings. The van der Waals surface area contributed by atoms with Gasteiger partial charge in [-0.3, -0.25) is 9.52 Å². The molecule has 3 N–H and O–H groups in total. The number of carbonyl (C=O) groups excluding carboxylic acids is 1. The Balaban J connectivity index is 1.65. The first-order valence-electron chi connectivity index (χ1n) is 9.70. The lowest BCUT2D eigenvalue weighted by atomic mass is 10.1. The zero-order valence-electron chi connectivity index (χ0n) is 16.9. The monoisotopic (exact) mass is 498 g/mol. The number of hydrogen-bond donors (Lipinski definition) is 2. The number of fused-ring (bicyclic) bond motifs is 1. The predicted octanol–water partition coefficient (Wildman–Crippen LogP) is 4.10. The highest BCUT2D eigenvalue weighted by atomic mass is 35.5. The van der Waals surface area contributed by atoms with E-state index in [2.05, 4.69) is 4.72 Å². The average molecular weight is 499 g/mol. The standard InChI is InChI=1S/C21H18ClF3N4O3S/c22-18-17(20(26)30)16-12-28(10-11-29(16)19(18)13-4-2-1-3-5-13)33(31,32)27-15-8-6-14(7-9-15)21(23,24)25/h1-9,27H,10-12H2,(H2,26,30). The summed E-state index contributed by atoms with van der Waals surface area (Å²) in [6.45, 7) is 0.0489. The number of amides is 1. The number of halogens is 4. The quantitative estimate of drug-likeness (QED) is 0.554. The van der Waals surface area contributed by atoms with Gasteiger partial charge in [0, 0.05) is 24.5 Å². The van der Waals surface area contributed by atoms with Crippen LogP contribution in [0.25, 0.3) is 11.3 Å². The van der Waals surface area contributed by atoms with E-state index in [4.69, 9.17) is 17.3 Å². The van der Waals surface area contributed by atoms with Crippen molar-refractivity contribution in [3.63, 3.8) is 0 Å². The minimum atomic E-state index is -4.53. The Morgan fingerprint density at radius 1 is 1.03 bits per heavy atom. The van der Waals surface area contributed by atoms with Gasteiger partial charge in [0.15, 0.2) is 0 Å². The van der Waals surface area contributed by atoms with Crippen LogP contribution in [-0.2, 0) is 29.5 Å². The molecule has 1 aromatic heterocycles. The van der Waals surface area contributed by atoms with Crippen molar-refractivity contribution < 1.29 is 26.4 Å². The number of carbonyl (C=O) groups is 1. The summed E-state index contributed by atoms with van der Waals surface area (Å²) in [7, 11) is -4.14. The third kappa shape index (κ3) is 4.43. The van der Waals surface area contributed by atoms with E-state index in [0.29, 0.717) is 11.4 Å². The van der Waals surface area contributed by atoms with E-state index in [1.807, 2.05) is 30.3 Å². The summed E-state index contributed by atoms with van der Waals surface area (Å²) in [5.41, 5.74) is 6.31. The lowest BCUT2D eigenvalue weighted by Gasteiger charge is -2.29. The Kier molecular flexibility index (Phi) is 5.89. The van der Waals surface area contributed by atoms with Crippen LogP contribution in [0.15, 0.2) is 54.6 Å². The van der Waals surface area contributed by atoms with Gasteiger partial charge in [-0.05, 0) is 29.8 Å². The molecule has 2 heterocycles. The first kappa shape index (κ1) is 23.1. The van der Waals surface area contributed by atoms with Gasteiger partial charge >= 0.3 is 16.4 Å². The molecule has 1 aliphatic heterocycles. The van der Waals surface area contributed by atoms with Crippen LogP contribution in [0.3, 0.4) is 0 Å². The molecule has 33 heavy (non-hydrogen) atoms. The molecule has 0 atom stereocenters. The van der Waals surface area contributed by atoms with Crippen molar-refractivity contribution in [2.24, 2.45) is 5.73 Å². The lowest BCUT2D eigenvalue weighted by molar-refractivity contribution is -0.137. The number of primary amides is 1. The van der Waals surface area contributed by atoms with Crippen molar-refractivity contribution in [1.29, 1.82) is 0 Å². The Labute approximate surface area is 192 Å². The van der Waals surface area contributed by atoms with E-state index in [9.17, 15) is 26.4 Å². The summed E-state index contributed by atoms with van der Waals surface area (Å²) in [5.74, 6) is -0.791. The third-order valence-corrected chi connectivity index (χ3v) is 7.16. The normalized spacial score (nSPS) is 14.7. The van der Waals surface area contributed by atoms with E-state index in [-0.39, 0.29) is 35.9 Å². The zero-order chi connectivity index (χ0) is 24.0. The molecule has 0 radical (unpaired) electrons. The fourth-order valence-electron chi connectivity index (χ4n) is 3.78. The molecule has 0 bridgehead atoms. The number of rotatable bonds is 5. The van der Waals surface area contributed by atoms with Gasteiger partial charge in [0.25, 0.3) is 5.91 Å². The van der Waals surface area contributed by atoms with Crippen LogP contribution >= 0.6 is 11.6 Å². The second-order valence-electron chi connectivity index (χ2n) is 7.38. The van der Waals surface area contributed by atoms with E-state index in [1.165, 1.54) is 0 Å². The van der Waals surface area contributed by atoms with E-state index >= 15 is 0 Å². The Morgan fingerprint density at radius 3 is 2.24 bits per heavy atom. The van der Waals surface area contributed by atoms with Crippen LogP contribution in [-0.4, -0.2) is 29.7 Å². The summed E-state index contributed by atoms with van der Waals surface area (Å²) in [6.07, 6.45) is -4.53. The second kappa shape index (κ2) is 8.40. The van der Waals surface area contributed by atoms with Crippen LogP contribution in [0, 0.1) is 0 Å². The van der Waals surface area contributed by atoms with Crippen LogP contribution in [0.2, 0.25) is 5.02 Å². The Bertz CT molecular complexity index is 1310. The van der Waals surface area contributed by atoms with Crippen molar-refractivity contribution in [1.82, 2.24) is 8.87 Å². The molecular formula is C21H18ClF3N4O3S. The molecule has 2 aromatic carbocycles. The van der Waals surface area contributed by atoms with Gasteiger partial charge in [0.1, 0.15) is 0 Å². The van der Waals surface area contributed by atoms with Crippen LogP contribution < -0.4 is 10.5 Å². The van der Waals surface area contributed by atoms with Gasteiger partial charge in [-0.2, -0.15) is 25.9 Å². The molecular weight excluding hydrogens is 481 g/mol. The highest BCUT2D eigenvalue weighted by Gasteiger charge is 2.34. The molecule has 0 unspecified atom stereocenters. The summed E-state index contributed by atoms with van der Waals surface area (Å²) in [6, 6.07) is 12.7. The second-order valence-corrected chi connectivity index (χ2v) is 9.43. The van der Waals surface area contributed by atoms with Crippen LogP contribution in [0.5, 0.6) is 0 Å². The smallest absolute Gasteiger partial charge is 0.365 e. The molecule has 0 fully saturated rings. The zero-order valence-corrected chi connectivity index (χ0v) is 18.5. The van der Waals surface area contributed by atoms with Crippen LogP contribution in [0.4, 0.5) is 18.9 Å². The van der Waals surface area contributed by atoms with Gasteiger partial charge in [-0.1, -0.05) is 41.9 Å². The third-order valence-electron chi connectivity index (χ3n) is 5.30. The van der Waals surface area contributed by atoms with Crippen molar-refractivity contribution in [3.8, 4) is 11.3 Å². The van der Waals surface area contributed by atoms with Gasteiger partial charge in [-0.15, -0.1) is 0 Å². The van der Waals surface area contributed by atoms with Gasteiger partial charge < -0.3 is 10.3 Å². The Morgan fingerprint density at radius 2 is 1.67 bits per heavy atom.